The SMILES string of the molecule is O.S.[SiH4].[SiH4]. The fourth-order valence-corrected chi connectivity index (χ4v) is 0. The summed E-state index contributed by atoms with van der Waals surface area (Å²) < 4.78 is 0. The highest BCUT2D eigenvalue weighted by atomic mass is 32.1. The fourth-order valence-electron chi connectivity index (χ4n) is 0. The molecule has 0 spiro atoms. The van der Waals surface area contributed by atoms with Crippen LogP contribution < -0.4 is 0 Å². The first kappa shape index (κ1) is 120. The van der Waals surface area contributed by atoms with E-state index in [1.807, 2.05) is 0 Å². The first-order valence-corrected chi connectivity index (χ1v) is 0. The molecule has 0 aliphatic carbocycles. The average Bonchev–Trinajstić information content (AvgIpc) is 0. The zero-order valence-electron chi connectivity index (χ0n) is 1.00. The Balaban J connectivity index is 0. The minimum absolute atomic E-state index is 0. The lowest BCUT2D eigenvalue weighted by atomic mass is 16.0. The van der Waals surface area contributed by atoms with Crippen LogP contribution in [0.5, 0.6) is 0 Å². The van der Waals surface area contributed by atoms with Gasteiger partial charge in [0.2, 0.25) is 0 Å². The summed E-state index contributed by atoms with van der Waals surface area (Å²) in [6, 6.07) is 0. The zero-order valence-corrected chi connectivity index (χ0v) is 2.00. The molecule has 0 unspecified atom stereocenters. The van der Waals surface area contributed by atoms with E-state index in [2.05, 4.69) is 0 Å². The van der Waals surface area contributed by atoms with Gasteiger partial charge in [-0.1, -0.05) is 0 Å². The van der Waals surface area contributed by atoms with Gasteiger partial charge in [-0.15, -0.1) is 0 Å². The second-order valence-electron chi connectivity index (χ2n) is 0. The monoisotopic (exact) mass is 116 g/mol. The van der Waals surface area contributed by atoms with Crippen molar-refractivity contribution in [3.05, 3.63) is 0 Å². The van der Waals surface area contributed by atoms with E-state index in [0.29, 0.717) is 0 Å². The maximum Gasteiger partial charge on any atom is -0.0149 e. The molecule has 2 N–H and O–H groups in total. The van der Waals surface area contributed by atoms with Gasteiger partial charge in [0, 0.05) is 0 Å². The Morgan fingerprint density at radius 2 is 0.750 bits per heavy atom. The highest BCUT2D eigenvalue weighted by Crippen LogP contribution is 0.648. The number of hydrogen-bond acceptors (Lipinski definition) is 0. The number of rotatable bonds is 0. The first-order valence-electron chi connectivity index (χ1n) is 0. The summed E-state index contributed by atoms with van der Waals surface area (Å²) in [6.45, 7) is 0. The molecule has 0 fully saturated rings. The van der Waals surface area contributed by atoms with E-state index < -0.39 is 0 Å². The van der Waals surface area contributed by atoms with E-state index in [-0.39, 0.29) is 40.9 Å². The van der Waals surface area contributed by atoms with E-state index >= 15 is 0 Å². The Bertz CT molecular complexity index is 6.00. The largest absolute Gasteiger partial charge is 0.412 e. The lowest BCUT2D eigenvalue weighted by Gasteiger charge is -0.412. The van der Waals surface area contributed by atoms with Crippen molar-refractivity contribution in [2.75, 3.05) is 0 Å². The molecule has 0 saturated heterocycles. The van der Waals surface area contributed by atoms with Gasteiger partial charge in [0.05, 0.1) is 0 Å². The highest BCUT2D eigenvalue weighted by Gasteiger charge is -0.0138. The normalized spacial score (nSPS) is 0. The minimum Gasteiger partial charge on any atom is -0.412 e. The van der Waals surface area contributed by atoms with Gasteiger partial charge in [-0.3, -0.25) is 0 Å². The Kier molecular flexibility index (Phi) is 1530. The summed E-state index contributed by atoms with van der Waals surface area (Å²) in [4.78, 5) is 0. The third-order valence-electron chi connectivity index (χ3n) is 0. The Morgan fingerprint density at radius 1 is 0.750 bits per heavy atom. The van der Waals surface area contributed by atoms with E-state index in [1.54, 1.807) is 0 Å². The molecular formula is H12OSSi2. The van der Waals surface area contributed by atoms with Gasteiger partial charge >= 0.3 is 0 Å². The second-order valence-corrected chi connectivity index (χ2v) is 0. The molecule has 0 aliphatic rings. The molecule has 0 radical (unpaired) electrons. The molecule has 0 atom stereocenters. The maximum absolute atomic E-state index is 0. The number of hydrogen-bond donors (Lipinski definition) is 0. The van der Waals surface area contributed by atoms with E-state index in [4.69, 9.17) is 0 Å². The van der Waals surface area contributed by atoms with Crippen LogP contribution in [0.4, 0.5) is 0 Å². The van der Waals surface area contributed by atoms with Gasteiger partial charge < -0.3 is 5.48 Å². The van der Waals surface area contributed by atoms with Crippen LogP contribution in [0.2, 0.25) is 0 Å². The van der Waals surface area contributed by atoms with Crippen LogP contribution in [0.15, 0.2) is 0 Å². The lowest BCUT2D eigenvalue weighted by molar-refractivity contribution is 0.824. The Hall–Kier alpha value is 0.744. The van der Waals surface area contributed by atoms with Crippen molar-refractivity contribution in [2.24, 2.45) is 0 Å². The lowest BCUT2D eigenvalue weighted by Crippen LogP contribution is -0.382. The molecule has 0 aliphatic heterocycles. The molecule has 4 heteroatoms. The average molecular weight is 116 g/mol. The quantitative estimate of drug-likeness (QED) is 0.293. The third kappa shape index (κ3) is 15.1. The van der Waals surface area contributed by atoms with Crippen molar-refractivity contribution in [1.29, 1.82) is 0 Å². The summed E-state index contributed by atoms with van der Waals surface area (Å²) >= 11 is 0. The summed E-state index contributed by atoms with van der Waals surface area (Å²) in [7, 11) is 0. The molecule has 0 rings (SSSR count). The van der Waals surface area contributed by atoms with E-state index in [9.17, 15) is 0 Å². The zero-order chi connectivity index (χ0) is 0. The van der Waals surface area contributed by atoms with Crippen LogP contribution in [-0.2, 0) is 0 Å². The topological polar surface area (TPSA) is 31.5 Å². The van der Waals surface area contributed by atoms with Gasteiger partial charge in [-0.05, 0) is 21.9 Å². The van der Waals surface area contributed by atoms with Crippen LogP contribution >= 0.6 is 13.5 Å². The van der Waals surface area contributed by atoms with Gasteiger partial charge in [0.15, 0.2) is 0 Å². The summed E-state index contributed by atoms with van der Waals surface area (Å²) in [6.07, 6.45) is 0. The molecule has 32 valence electrons. The van der Waals surface area contributed by atoms with Crippen molar-refractivity contribution in [2.45, 2.75) is 0 Å². The minimum atomic E-state index is 0. The standard InChI is InChI=1S/H2O.H2S.2H4Si/h2*1H2;2*1H4. The van der Waals surface area contributed by atoms with E-state index in [1.165, 1.54) is 0 Å². The predicted molar refractivity (Wildman–Crippen MR) is 36.7 cm³/mol. The van der Waals surface area contributed by atoms with Crippen molar-refractivity contribution in [1.82, 2.24) is 0 Å². The van der Waals surface area contributed by atoms with Crippen LogP contribution in [0.3, 0.4) is 0 Å². The second kappa shape index (κ2) is 50.9. The van der Waals surface area contributed by atoms with Gasteiger partial charge in [-0.25, -0.2) is 0 Å². The van der Waals surface area contributed by atoms with Crippen LogP contribution in [-0.4, -0.2) is 27.4 Å². The predicted octanol–water partition coefficient (Wildman–Crippen LogP) is -3.62. The van der Waals surface area contributed by atoms with Crippen LogP contribution in [0.25, 0.3) is 0 Å². The van der Waals surface area contributed by atoms with Crippen molar-refractivity contribution in [3.63, 3.8) is 0 Å². The van der Waals surface area contributed by atoms with Crippen molar-refractivity contribution < 1.29 is 5.48 Å². The molecule has 0 aromatic rings. The van der Waals surface area contributed by atoms with Crippen molar-refractivity contribution in [3.8, 4) is 0 Å². The molecule has 0 saturated carbocycles. The third-order valence-corrected chi connectivity index (χ3v) is 0. The Labute approximate surface area is 41.6 Å². The molecule has 0 heterocycles. The molecular weight excluding hydrogens is 104 g/mol. The molecule has 0 aromatic carbocycles. The molecule has 0 amide bonds. The van der Waals surface area contributed by atoms with Gasteiger partial charge in [-0.2, -0.15) is 13.5 Å². The van der Waals surface area contributed by atoms with Crippen LogP contribution in [0, 0.1) is 0 Å². The van der Waals surface area contributed by atoms with Crippen molar-refractivity contribution >= 4 is 35.4 Å². The molecule has 1 nitrogen and oxygen atoms in total. The fraction of sp³-hybridized carbons (Fsp3) is 0. The highest BCUT2D eigenvalue weighted by molar-refractivity contribution is 7.59. The summed E-state index contributed by atoms with van der Waals surface area (Å²) in [5.74, 6) is 0. The molecule has 0 aromatic heterocycles. The first-order chi connectivity index (χ1) is 0. The van der Waals surface area contributed by atoms with Gasteiger partial charge in [0.1, 0.15) is 0 Å². The maximum atomic E-state index is 0. The van der Waals surface area contributed by atoms with Crippen LogP contribution in [0.1, 0.15) is 0 Å². The smallest absolute Gasteiger partial charge is 0.0149 e. The Morgan fingerprint density at radius 3 is 0.750 bits per heavy atom. The summed E-state index contributed by atoms with van der Waals surface area (Å²) in [5.41, 5.74) is 0. The molecule has 4 heavy (non-hydrogen) atoms. The van der Waals surface area contributed by atoms with Gasteiger partial charge in [0.25, 0.3) is 0 Å². The summed E-state index contributed by atoms with van der Waals surface area (Å²) in [5, 5.41) is 0. The molecule has 0 bridgehead atoms. The van der Waals surface area contributed by atoms with E-state index in [0.717, 1.165) is 0 Å².